The average Bonchev–Trinajstić information content (AvgIpc) is 3.12. The molecule has 2 N–H and O–H groups in total. The van der Waals surface area contributed by atoms with Gasteiger partial charge in [-0.3, -0.25) is 14.4 Å². The first-order valence-corrected chi connectivity index (χ1v) is 7.74. The Bertz CT molecular complexity index is 781. The third kappa shape index (κ3) is 5.23. The zero-order valence-electron chi connectivity index (χ0n) is 12.4. The number of nitrogens with one attached hydrogen (secondary N) is 2. The van der Waals surface area contributed by atoms with E-state index in [0.29, 0.717) is 16.1 Å². The molecular weight excluding hydrogens is 330 g/mol. The average molecular weight is 343 g/mol. The number of rotatable bonds is 6. The Morgan fingerprint density at radius 3 is 2.75 bits per heavy atom. The molecule has 0 saturated heterocycles. The molecule has 24 heavy (non-hydrogen) atoms. The second-order valence-corrected chi connectivity index (χ2v) is 5.51. The van der Waals surface area contributed by atoms with Crippen LogP contribution in [0.5, 0.6) is 0 Å². The molecule has 1 heterocycles. The summed E-state index contributed by atoms with van der Waals surface area (Å²) in [5, 5.41) is 15.4. The molecule has 1 aromatic carbocycles. The van der Waals surface area contributed by atoms with Crippen molar-refractivity contribution in [2.75, 3.05) is 18.5 Å². The molecule has 122 valence electrons. The fourth-order valence-corrected chi connectivity index (χ4v) is 2.35. The zero-order valence-corrected chi connectivity index (χ0v) is 13.3. The number of esters is 1. The van der Waals surface area contributed by atoms with Crippen LogP contribution in [0.15, 0.2) is 41.8 Å². The minimum Gasteiger partial charge on any atom is -0.454 e. The van der Waals surface area contributed by atoms with Gasteiger partial charge in [-0.15, -0.1) is 11.3 Å². The number of carbonyl (C=O) groups is 3. The number of hydrogen-bond donors (Lipinski definition) is 2. The first-order valence-electron chi connectivity index (χ1n) is 6.86. The summed E-state index contributed by atoms with van der Waals surface area (Å²) in [4.78, 5) is 35.3. The van der Waals surface area contributed by atoms with E-state index < -0.39 is 18.5 Å². The van der Waals surface area contributed by atoms with E-state index >= 15 is 0 Å². The van der Waals surface area contributed by atoms with Crippen LogP contribution in [0.1, 0.15) is 15.2 Å². The van der Waals surface area contributed by atoms with Gasteiger partial charge in [0.05, 0.1) is 16.5 Å². The normalized spacial score (nSPS) is 9.62. The Balaban J connectivity index is 1.72. The molecule has 0 bridgehead atoms. The fraction of sp³-hybridized carbons (Fsp3) is 0.125. The van der Waals surface area contributed by atoms with E-state index in [1.807, 2.05) is 6.07 Å². The fourth-order valence-electron chi connectivity index (χ4n) is 1.71. The molecule has 0 spiro atoms. The van der Waals surface area contributed by atoms with Crippen molar-refractivity contribution in [3.05, 3.63) is 52.2 Å². The van der Waals surface area contributed by atoms with Crippen molar-refractivity contribution in [1.29, 1.82) is 5.26 Å². The van der Waals surface area contributed by atoms with Crippen molar-refractivity contribution in [3.63, 3.8) is 0 Å². The van der Waals surface area contributed by atoms with Crippen molar-refractivity contribution in [2.24, 2.45) is 0 Å². The van der Waals surface area contributed by atoms with E-state index in [0.717, 1.165) is 0 Å². The summed E-state index contributed by atoms with van der Waals surface area (Å²) >= 11 is 1.25. The van der Waals surface area contributed by atoms with Gasteiger partial charge in [0.1, 0.15) is 6.54 Å². The van der Waals surface area contributed by atoms with E-state index in [9.17, 15) is 14.4 Å². The highest BCUT2D eigenvalue weighted by atomic mass is 32.1. The number of hydrogen-bond acceptors (Lipinski definition) is 6. The van der Waals surface area contributed by atoms with Crippen molar-refractivity contribution < 1.29 is 19.1 Å². The number of nitrogens with zero attached hydrogens (tertiary/aromatic N) is 1. The van der Waals surface area contributed by atoms with Crippen LogP contribution in [0.25, 0.3) is 0 Å². The van der Waals surface area contributed by atoms with Crippen molar-refractivity contribution in [1.82, 2.24) is 5.32 Å². The van der Waals surface area contributed by atoms with Crippen LogP contribution in [0, 0.1) is 11.3 Å². The summed E-state index contributed by atoms with van der Waals surface area (Å²) in [6.45, 7) is -0.807. The van der Waals surface area contributed by atoms with E-state index in [4.69, 9.17) is 10.00 Å². The number of anilines is 1. The lowest BCUT2D eigenvalue weighted by Gasteiger charge is -2.07. The van der Waals surface area contributed by atoms with Gasteiger partial charge in [0, 0.05) is 5.69 Å². The molecule has 0 atom stereocenters. The smallest absolute Gasteiger partial charge is 0.325 e. The monoisotopic (exact) mass is 343 g/mol. The van der Waals surface area contributed by atoms with Crippen molar-refractivity contribution in [2.45, 2.75) is 0 Å². The summed E-state index contributed by atoms with van der Waals surface area (Å²) in [6, 6.07) is 11.7. The van der Waals surface area contributed by atoms with E-state index in [-0.39, 0.29) is 12.5 Å². The molecule has 0 radical (unpaired) electrons. The summed E-state index contributed by atoms with van der Waals surface area (Å²) in [5.74, 6) is -1.64. The number of nitriles is 1. The number of thiophene rings is 1. The van der Waals surface area contributed by atoms with Crippen LogP contribution in [-0.2, 0) is 14.3 Å². The number of amides is 2. The summed E-state index contributed by atoms with van der Waals surface area (Å²) < 4.78 is 4.77. The first-order chi connectivity index (χ1) is 11.6. The Labute approximate surface area is 141 Å². The van der Waals surface area contributed by atoms with Gasteiger partial charge in [-0.1, -0.05) is 12.1 Å². The number of benzene rings is 1. The number of ether oxygens (including phenoxy) is 1. The van der Waals surface area contributed by atoms with Gasteiger partial charge in [-0.2, -0.15) is 5.26 Å². The van der Waals surface area contributed by atoms with Crippen LogP contribution in [0.3, 0.4) is 0 Å². The molecule has 8 heteroatoms. The Morgan fingerprint density at radius 2 is 2.04 bits per heavy atom. The van der Waals surface area contributed by atoms with Gasteiger partial charge in [0.15, 0.2) is 6.61 Å². The highest BCUT2D eigenvalue weighted by Gasteiger charge is 2.11. The molecule has 0 unspecified atom stereocenters. The van der Waals surface area contributed by atoms with Gasteiger partial charge in [0.25, 0.3) is 11.8 Å². The Hall–Kier alpha value is -3.18. The number of carbonyl (C=O) groups excluding carboxylic acids is 3. The molecule has 0 aliphatic carbocycles. The van der Waals surface area contributed by atoms with Crippen LogP contribution >= 0.6 is 11.3 Å². The van der Waals surface area contributed by atoms with Crippen LogP contribution < -0.4 is 10.6 Å². The quantitative estimate of drug-likeness (QED) is 0.773. The maximum absolute atomic E-state index is 11.7. The third-order valence-electron chi connectivity index (χ3n) is 2.78. The molecule has 2 aromatic rings. The predicted octanol–water partition coefficient (Wildman–Crippen LogP) is 1.53. The largest absolute Gasteiger partial charge is 0.454 e. The highest BCUT2D eigenvalue weighted by molar-refractivity contribution is 7.12. The van der Waals surface area contributed by atoms with E-state index in [1.54, 1.807) is 35.7 Å². The molecule has 0 aliphatic heterocycles. The Kier molecular flexibility index (Phi) is 6.05. The van der Waals surface area contributed by atoms with Crippen LogP contribution in [0.2, 0.25) is 0 Å². The van der Waals surface area contributed by atoms with Crippen molar-refractivity contribution >= 4 is 34.8 Å². The minimum atomic E-state index is -0.721. The zero-order chi connectivity index (χ0) is 17.4. The van der Waals surface area contributed by atoms with Gasteiger partial charge < -0.3 is 15.4 Å². The lowest BCUT2D eigenvalue weighted by molar-refractivity contribution is -0.146. The van der Waals surface area contributed by atoms with Crippen LogP contribution in [-0.4, -0.2) is 30.9 Å². The maximum Gasteiger partial charge on any atom is 0.325 e. The van der Waals surface area contributed by atoms with Gasteiger partial charge in [0.2, 0.25) is 0 Å². The molecule has 7 nitrogen and oxygen atoms in total. The summed E-state index contributed by atoms with van der Waals surface area (Å²) in [5.41, 5.74) is 0.835. The highest BCUT2D eigenvalue weighted by Crippen LogP contribution is 2.09. The maximum atomic E-state index is 11.7. The Morgan fingerprint density at radius 1 is 1.21 bits per heavy atom. The first kappa shape index (κ1) is 17.2. The third-order valence-corrected chi connectivity index (χ3v) is 3.65. The molecule has 0 aliphatic rings. The molecule has 2 amide bonds. The lowest BCUT2D eigenvalue weighted by Crippen LogP contribution is -2.31. The SMILES string of the molecule is N#Cc1cccc(NC(=O)COC(=O)CNC(=O)c2cccs2)c1. The summed E-state index contributed by atoms with van der Waals surface area (Å²) in [7, 11) is 0. The molecular formula is C16H13N3O4S. The van der Waals surface area contributed by atoms with Crippen molar-refractivity contribution in [3.8, 4) is 6.07 Å². The predicted molar refractivity (Wildman–Crippen MR) is 87.4 cm³/mol. The van der Waals surface area contributed by atoms with Crippen LogP contribution in [0.4, 0.5) is 5.69 Å². The lowest BCUT2D eigenvalue weighted by atomic mass is 10.2. The van der Waals surface area contributed by atoms with E-state index in [2.05, 4.69) is 10.6 Å². The molecule has 0 fully saturated rings. The molecule has 2 rings (SSSR count). The second kappa shape index (κ2) is 8.45. The molecule has 0 saturated carbocycles. The second-order valence-electron chi connectivity index (χ2n) is 4.56. The molecule has 1 aromatic heterocycles. The van der Waals surface area contributed by atoms with Gasteiger partial charge in [-0.25, -0.2) is 0 Å². The summed E-state index contributed by atoms with van der Waals surface area (Å²) in [6.07, 6.45) is 0. The van der Waals surface area contributed by atoms with Gasteiger partial charge >= 0.3 is 5.97 Å². The minimum absolute atomic E-state index is 0.325. The topological polar surface area (TPSA) is 108 Å². The standard InChI is InChI=1S/C16H13N3O4S/c17-8-11-3-1-4-12(7-11)19-14(20)10-23-15(21)9-18-16(22)13-5-2-6-24-13/h1-7H,9-10H2,(H,18,22)(H,19,20). The van der Waals surface area contributed by atoms with Gasteiger partial charge in [-0.05, 0) is 29.6 Å². The van der Waals surface area contributed by atoms with E-state index in [1.165, 1.54) is 17.4 Å².